The monoisotopic (exact) mass is 379 g/mol. The molecule has 5 nitrogen and oxygen atoms in total. The van der Waals surface area contributed by atoms with Crippen LogP contribution in [0.3, 0.4) is 0 Å². The summed E-state index contributed by atoms with van der Waals surface area (Å²) >= 11 is 1.62. The number of carbonyl (C=O) groups is 1. The zero-order chi connectivity index (χ0) is 19.2. The predicted octanol–water partition coefficient (Wildman–Crippen LogP) is 4.85. The zero-order valence-electron chi connectivity index (χ0n) is 15.4. The Kier molecular flexibility index (Phi) is 5.94. The molecular weight excluding hydrogens is 358 g/mol. The first-order valence-corrected chi connectivity index (χ1v) is 9.60. The molecule has 1 heterocycles. The molecule has 0 aliphatic heterocycles. The summed E-state index contributed by atoms with van der Waals surface area (Å²) in [7, 11) is 0. The number of aromatic nitrogens is 1. The van der Waals surface area contributed by atoms with Crippen molar-refractivity contribution in [2.45, 2.75) is 13.8 Å². The molecule has 6 heteroatoms. The molecule has 2 aromatic carbocycles. The van der Waals surface area contributed by atoms with E-state index in [1.807, 2.05) is 56.3 Å². The minimum atomic E-state index is -0.204. The van der Waals surface area contributed by atoms with Crippen LogP contribution in [0.1, 0.15) is 13.8 Å². The molecule has 0 saturated heterocycles. The van der Waals surface area contributed by atoms with Crippen LogP contribution in [-0.2, 0) is 0 Å². The van der Waals surface area contributed by atoms with Gasteiger partial charge in [0, 0.05) is 17.8 Å². The first kappa shape index (κ1) is 18.7. The van der Waals surface area contributed by atoms with Gasteiger partial charge in [-0.2, -0.15) is 0 Å². The average Bonchev–Trinajstić information content (AvgIpc) is 3.12. The van der Waals surface area contributed by atoms with Gasteiger partial charge in [-0.25, -0.2) is 9.78 Å². The van der Waals surface area contributed by atoms with Gasteiger partial charge in [-0.05, 0) is 50.2 Å². The smallest absolute Gasteiger partial charge is 0.322 e. The lowest BCUT2D eigenvalue weighted by Crippen LogP contribution is -2.34. The highest BCUT2D eigenvalue weighted by atomic mass is 32.1. The topological polar surface area (TPSA) is 54.5 Å². The molecule has 2 amide bonds. The number of hydrogen-bond donors (Lipinski definition) is 1. The number of nitrogens with zero attached hydrogens (tertiary/aromatic N) is 2. The number of carbonyl (C=O) groups excluding carboxylic acids is 1. The lowest BCUT2D eigenvalue weighted by Gasteiger charge is -2.18. The van der Waals surface area contributed by atoms with E-state index in [-0.39, 0.29) is 12.6 Å². The van der Waals surface area contributed by atoms with Gasteiger partial charge in [-0.3, -0.25) is 0 Å². The fraction of sp³-hybridized carbons (Fsp3) is 0.238. The van der Waals surface area contributed by atoms with E-state index in [2.05, 4.69) is 11.2 Å². The second kappa shape index (κ2) is 8.56. The molecule has 0 radical (unpaired) electrons. The maximum atomic E-state index is 12.2. The average molecular weight is 379 g/mol. The Hall–Kier alpha value is -3.04. The zero-order valence-corrected chi connectivity index (χ0v) is 16.2. The van der Waals surface area contributed by atoms with Gasteiger partial charge in [0.25, 0.3) is 0 Å². The Bertz CT molecular complexity index is 973. The molecule has 1 N–H and O–H groups in total. The number of thiazole rings is 1. The van der Waals surface area contributed by atoms with E-state index in [1.54, 1.807) is 16.2 Å². The molecule has 0 unspecified atom stereocenters. The van der Waals surface area contributed by atoms with Gasteiger partial charge in [0.15, 0.2) is 0 Å². The Morgan fingerprint density at radius 3 is 2.70 bits per heavy atom. The third kappa shape index (κ3) is 4.21. The molecule has 0 bridgehead atoms. The summed E-state index contributed by atoms with van der Waals surface area (Å²) in [6.07, 6.45) is 5.30. The molecule has 0 aliphatic carbocycles. The summed E-state index contributed by atoms with van der Waals surface area (Å²) in [6.45, 7) is 5.30. The lowest BCUT2D eigenvalue weighted by molar-refractivity contribution is 0.220. The molecule has 0 saturated carbocycles. The molecule has 1 aromatic heterocycles. The third-order valence-electron chi connectivity index (χ3n) is 4.02. The van der Waals surface area contributed by atoms with Gasteiger partial charge in [-0.1, -0.05) is 12.0 Å². The molecule has 0 aliphatic rings. The van der Waals surface area contributed by atoms with E-state index >= 15 is 0 Å². The first-order valence-electron chi connectivity index (χ1n) is 8.78. The number of para-hydroxylation sites is 1. The summed E-state index contributed by atoms with van der Waals surface area (Å²) in [4.78, 5) is 18.5. The van der Waals surface area contributed by atoms with Crippen molar-refractivity contribution in [1.82, 2.24) is 9.88 Å². The van der Waals surface area contributed by atoms with Crippen LogP contribution < -0.4 is 10.1 Å². The predicted molar refractivity (Wildman–Crippen MR) is 111 cm³/mol. The summed E-state index contributed by atoms with van der Waals surface area (Å²) in [5.41, 5.74) is 2.59. The number of amides is 2. The van der Waals surface area contributed by atoms with Crippen LogP contribution in [-0.4, -0.2) is 35.6 Å². The van der Waals surface area contributed by atoms with Crippen molar-refractivity contribution in [2.75, 3.05) is 25.0 Å². The lowest BCUT2D eigenvalue weighted by atomic mass is 10.2. The van der Waals surface area contributed by atoms with Gasteiger partial charge in [0.1, 0.15) is 16.3 Å². The van der Waals surface area contributed by atoms with Crippen LogP contribution in [0.2, 0.25) is 0 Å². The van der Waals surface area contributed by atoms with Crippen molar-refractivity contribution in [3.8, 4) is 28.7 Å². The Labute approximate surface area is 163 Å². The maximum absolute atomic E-state index is 12.2. The molecule has 3 aromatic rings. The summed E-state index contributed by atoms with van der Waals surface area (Å²) in [5.74, 6) is 3.29. The molecular formula is C21H21N3O2S. The van der Waals surface area contributed by atoms with Crippen molar-refractivity contribution in [2.24, 2.45) is 0 Å². The van der Waals surface area contributed by atoms with Gasteiger partial charge >= 0.3 is 6.03 Å². The summed E-state index contributed by atoms with van der Waals surface area (Å²) in [6, 6.07) is 13.4. The van der Waals surface area contributed by atoms with Crippen molar-refractivity contribution >= 4 is 33.3 Å². The van der Waals surface area contributed by atoms with Crippen LogP contribution in [0.25, 0.3) is 20.8 Å². The molecule has 0 atom stereocenters. The SMILES string of the molecule is C#CCN(CC)C(=O)Nc1ccc(-c2nc3c(OCC)cccc3s2)cc1. The van der Waals surface area contributed by atoms with Crippen molar-refractivity contribution in [3.63, 3.8) is 0 Å². The molecule has 138 valence electrons. The van der Waals surface area contributed by atoms with E-state index in [0.717, 1.165) is 32.2 Å². The number of terminal acetylenes is 1. The number of fused-ring (bicyclic) bond motifs is 1. The quantitative estimate of drug-likeness (QED) is 0.623. The van der Waals surface area contributed by atoms with Crippen LogP contribution in [0.5, 0.6) is 5.75 Å². The third-order valence-corrected chi connectivity index (χ3v) is 5.09. The second-order valence-electron chi connectivity index (χ2n) is 5.78. The Balaban J connectivity index is 1.79. The number of hydrogen-bond acceptors (Lipinski definition) is 4. The van der Waals surface area contributed by atoms with Gasteiger partial charge in [0.05, 0.1) is 17.9 Å². The van der Waals surface area contributed by atoms with Gasteiger partial charge in [0.2, 0.25) is 0 Å². The minimum absolute atomic E-state index is 0.204. The van der Waals surface area contributed by atoms with Crippen LogP contribution in [0.15, 0.2) is 42.5 Å². The second-order valence-corrected chi connectivity index (χ2v) is 6.81. The number of urea groups is 1. The first-order chi connectivity index (χ1) is 13.2. The van der Waals surface area contributed by atoms with E-state index < -0.39 is 0 Å². The normalized spacial score (nSPS) is 10.4. The van der Waals surface area contributed by atoms with Crippen LogP contribution in [0, 0.1) is 12.3 Å². The number of nitrogens with one attached hydrogen (secondary N) is 1. The highest BCUT2D eigenvalue weighted by molar-refractivity contribution is 7.21. The van der Waals surface area contributed by atoms with Crippen molar-refractivity contribution in [1.29, 1.82) is 0 Å². The Morgan fingerprint density at radius 2 is 2.04 bits per heavy atom. The highest BCUT2D eigenvalue weighted by Gasteiger charge is 2.12. The van der Waals surface area contributed by atoms with Gasteiger partial charge < -0.3 is 15.0 Å². The standard InChI is InChI=1S/C21H21N3O2S/c1-4-14-24(5-2)21(25)22-16-12-10-15(11-13-16)20-23-19-17(26-6-3)8-7-9-18(19)27-20/h1,7-13H,5-6,14H2,2-3H3,(H,22,25). The Morgan fingerprint density at radius 1 is 1.26 bits per heavy atom. The number of ether oxygens (including phenoxy) is 1. The minimum Gasteiger partial charge on any atom is -0.492 e. The molecule has 0 fully saturated rings. The van der Waals surface area contributed by atoms with Crippen LogP contribution in [0.4, 0.5) is 10.5 Å². The van der Waals surface area contributed by atoms with Gasteiger partial charge in [-0.15, -0.1) is 17.8 Å². The highest BCUT2D eigenvalue weighted by Crippen LogP contribution is 2.35. The summed E-state index contributed by atoms with van der Waals surface area (Å²) in [5, 5.41) is 3.78. The van der Waals surface area contributed by atoms with Crippen LogP contribution >= 0.6 is 11.3 Å². The molecule has 27 heavy (non-hydrogen) atoms. The van der Waals surface area contributed by atoms with E-state index in [0.29, 0.717) is 13.2 Å². The van der Waals surface area contributed by atoms with E-state index in [4.69, 9.17) is 16.1 Å². The van der Waals surface area contributed by atoms with Crippen molar-refractivity contribution < 1.29 is 9.53 Å². The van der Waals surface area contributed by atoms with E-state index in [9.17, 15) is 4.79 Å². The fourth-order valence-corrected chi connectivity index (χ4v) is 3.64. The molecule has 3 rings (SSSR count). The largest absolute Gasteiger partial charge is 0.492 e. The fourth-order valence-electron chi connectivity index (χ4n) is 2.65. The number of anilines is 1. The number of rotatable bonds is 6. The maximum Gasteiger partial charge on any atom is 0.322 e. The number of benzene rings is 2. The van der Waals surface area contributed by atoms with Crippen molar-refractivity contribution in [3.05, 3.63) is 42.5 Å². The van der Waals surface area contributed by atoms with E-state index in [1.165, 1.54) is 0 Å². The molecule has 0 spiro atoms. The summed E-state index contributed by atoms with van der Waals surface area (Å²) < 4.78 is 6.75.